The average molecular weight is 985 g/mol. The van der Waals surface area contributed by atoms with E-state index in [4.69, 9.17) is 11.5 Å². The second kappa shape index (κ2) is 26.9. The highest BCUT2D eigenvalue weighted by Crippen LogP contribution is 2.36. The minimum atomic E-state index is -0.230. The first-order valence-electron chi connectivity index (χ1n) is 24.8. The first kappa shape index (κ1) is 55.8. The van der Waals surface area contributed by atoms with Crippen LogP contribution in [0.25, 0.3) is 0 Å². The van der Waals surface area contributed by atoms with E-state index in [9.17, 15) is 19.2 Å². The van der Waals surface area contributed by atoms with Crippen molar-refractivity contribution in [1.29, 1.82) is 0 Å². The normalized spacial score (nSPS) is 11.7. The van der Waals surface area contributed by atoms with Crippen LogP contribution in [0.2, 0.25) is 0 Å². The first-order chi connectivity index (χ1) is 33.4. The molecule has 0 spiro atoms. The lowest BCUT2D eigenvalue weighted by atomic mass is 9.83. The van der Waals surface area contributed by atoms with Crippen LogP contribution < -0.4 is 21.3 Å². The Morgan fingerprint density at radius 3 is 1.24 bits per heavy atom. The molecule has 0 unspecified atom stereocenters. The number of carbonyl (C=O) groups excluding carboxylic acids is 4. The zero-order valence-electron chi connectivity index (χ0n) is 42.9. The van der Waals surface area contributed by atoms with E-state index in [2.05, 4.69) is 85.6 Å². The Hall–Kier alpha value is -5.14. The number of hydrogen-bond donors (Lipinski definition) is 2. The van der Waals surface area contributed by atoms with Crippen molar-refractivity contribution in [1.82, 2.24) is 9.97 Å². The predicted octanol–water partition coefficient (Wildman–Crippen LogP) is 10.9. The maximum absolute atomic E-state index is 14.4. The van der Waals surface area contributed by atoms with Crippen LogP contribution in [0.1, 0.15) is 134 Å². The van der Waals surface area contributed by atoms with Gasteiger partial charge in [0.05, 0.1) is 0 Å². The molecule has 70 heavy (non-hydrogen) atoms. The van der Waals surface area contributed by atoms with Crippen LogP contribution in [0.4, 0.5) is 11.6 Å². The van der Waals surface area contributed by atoms with Gasteiger partial charge in [-0.2, -0.15) is 0 Å². The molecule has 2 aromatic heterocycles. The summed E-state index contributed by atoms with van der Waals surface area (Å²) in [6, 6.07) is 27.3. The number of anilines is 2. The molecule has 2 heterocycles. The van der Waals surface area contributed by atoms with Gasteiger partial charge in [-0.05, 0) is 100 Å². The number of nitrogens with zero attached hydrogens (tertiary/aromatic N) is 4. The zero-order chi connectivity index (χ0) is 50.8. The van der Waals surface area contributed by atoms with Gasteiger partial charge in [0.1, 0.15) is 23.2 Å². The van der Waals surface area contributed by atoms with Crippen molar-refractivity contribution in [3.8, 4) is 0 Å². The number of Topliss-reactive ketones (excluding diaryl/α,β-unsaturated/α-hetero) is 4. The van der Waals surface area contributed by atoms with Gasteiger partial charge in [0.25, 0.3) is 0 Å². The predicted molar refractivity (Wildman–Crippen MR) is 292 cm³/mol. The Morgan fingerprint density at radius 1 is 0.514 bits per heavy atom. The average Bonchev–Trinajstić information content (AvgIpc) is 3.33. The second-order valence-electron chi connectivity index (χ2n) is 20.4. The molecule has 0 bridgehead atoms. The Balaban J connectivity index is 1.34. The summed E-state index contributed by atoms with van der Waals surface area (Å²) in [6.45, 7) is 15.4. The third-order valence-corrected chi connectivity index (χ3v) is 14.9. The molecule has 0 aliphatic carbocycles. The molecule has 0 amide bonds. The van der Waals surface area contributed by atoms with E-state index in [1.165, 1.54) is 0 Å². The third-order valence-electron chi connectivity index (χ3n) is 12.4. The topological polar surface area (TPSA) is 153 Å². The lowest BCUT2D eigenvalue weighted by Gasteiger charge is -2.24. The second-order valence-corrected chi connectivity index (χ2v) is 22.6. The summed E-state index contributed by atoms with van der Waals surface area (Å²) in [7, 11) is 4.03. The molecule has 0 fully saturated rings. The fourth-order valence-corrected chi connectivity index (χ4v) is 10.3. The van der Waals surface area contributed by atoms with Crippen molar-refractivity contribution >= 4 is 58.3 Å². The van der Waals surface area contributed by atoms with Gasteiger partial charge in [-0.1, -0.05) is 96.1 Å². The first-order valence-corrected chi connectivity index (χ1v) is 26.8. The number of ketones is 4. The number of rotatable bonds is 28. The summed E-state index contributed by atoms with van der Waals surface area (Å²) in [4.78, 5) is 71.0. The zero-order valence-corrected chi connectivity index (χ0v) is 44.6. The Labute approximate surface area is 426 Å². The molecule has 0 atom stereocenters. The fraction of sp³-hybridized carbons (Fsp3) is 0.448. The smallest absolute Gasteiger partial charge is 0.167 e. The number of nitrogens with two attached hydrogens (primary N) is 2. The standard InChI is InChI=1S/C58H76N6O4S2/c1-57(2,3)47-33-43(37-49(65)20-11-15-28-63(7)53-22-9-13-26-61-53)55(69-30-24-59)45(35-47)39-51(67)41-18-17-19-42(32-41)52(68)40-46-36-48(58(4,5)6)34-44(56(46)70-31-25-60)38-50(66)21-12-16-29-64(8)54-23-10-14-27-62-54/h9-10,13-14,17-19,22-23,26-27,32-36H,11-12,15-16,20-21,24-25,28-31,37-40,59-60H2,1-8H3. The number of unbranched alkanes of at least 4 members (excludes halogenated alkanes) is 2. The summed E-state index contributed by atoms with van der Waals surface area (Å²) in [5, 5.41) is 0. The summed E-state index contributed by atoms with van der Waals surface area (Å²) in [5.41, 5.74) is 18.2. The van der Waals surface area contributed by atoms with Crippen LogP contribution in [0.5, 0.6) is 0 Å². The van der Waals surface area contributed by atoms with Gasteiger partial charge >= 0.3 is 0 Å². The number of carbonyl (C=O) groups is 4. The molecule has 4 N–H and O–H groups in total. The van der Waals surface area contributed by atoms with Gasteiger partial charge < -0.3 is 21.3 Å². The van der Waals surface area contributed by atoms with Gasteiger partial charge in [0.2, 0.25) is 0 Å². The van der Waals surface area contributed by atoms with Gasteiger partial charge in [-0.25, -0.2) is 9.97 Å². The molecule has 10 nitrogen and oxygen atoms in total. The minimum absolute atomic E-state index is 0.109. The largest absolute Gasteiger partial charge is 0.360 e. The Morgan fingerprint density at radius 2 is 0.900 bits per heavy atom. The van der Waals surface area contributed by atoms with E-state index < -0.39 is 0 Å². The number of thioether (sulfide) groups is 2. The van der Waals surface area contributed by atoms with Gasteiger partial charge in [-0.3, -0.25) is 19.2 Å². The van der Waals surface area contributed by atoms with Crippen molar-refractivity contribution in [2.24, 2.45) is 11.5 Å². The van der Waals surface area contributed by atoms with Crippen molar-refractivity contribution < 1.29 is 19.2 Å². The minimum Gasteiger partial charge on any atom is -0.360 e. The monoisotopic (exact) mass is 985 g/mol. The molecule has 374 valence electrons. The van der Waals surface area contributed by atoms with Crippen LogP contribution in [0, 0.1) is 0 Å². The summed E-state index contributed by atoms with van der Waals surface area (Å²) < 4.78 is 0. The molecular formula is C58H76N6O4S2. The molecule has 0 saturated carbocycles. The lowest BCUT2D eigenvalue weighted by Crippen LogP contribution is -2.19. The third kappa shape index (κ3) is 17.0. The maximum atomic E-state index is 14.4. The van der Waals surface area contributed by atoms with Crippen LogP contribution in [0.15, 0.2) is 107 Å². The highest BCUT2D eigenvalue weighted by atomic mass is 32.2. The van der Waals surface area contributed by atoms with Crippen LogP contribution in [-0.2, 0) is 46.1 Å². The quantitative estimate of drug-likeness (QED) is 0.0279. The van der Waals surface area contributed by atoms with Crippen LogP contribution in [-0.4, -0.2) is 84.9 Å². The van der Waals surface area contributed by atoms with E-state index in [-0.39, 0.29) is 59.6 Å². The number of benzene rings is 3. The molecule has 0 aliphatic rings. The molecule has 12 heteroatoms. The SMILES string of the molecule is CN(CCCCC(=O)Cc1cc(C(C)(C)C)cc(CC(=O)c2cccc(C(=O)Cc3cc(C(C)(C)C)cc(CC(=O)CCCCN(C)c4ccccn4)c3SCCN)c2)c1SCCN)c1ccccn1. The van der Waals surface area contributed by atoms with Crippen molar-refractivity contribution in [3.05, 3.63) is 142 Å². The van der Waals surface area contributed by atoms with Gasteiger partial charge in [-0.15, -0.1) is 23.5 Å². The molecule has 5 aromatic rings. The number of hydrogen-bond acceptors (Lipinski definition) is 12. The van der Waals surface area contributed by atoms with Gasteiger partial charge in [0.15, 0.2) is 11.6 Å². The van der Waals surface area contributed by atoms with Gasteiger partial charge in [0, 0.05) is 124 Å². The van der Waals surface area contributed by atoms with Crippen molar-refractivity contribution in [2.75, 3.05) is 61.6 Å². The molecular weight excluding hydrogens is 909 g/mol. The lowest BCUT2D eigenvalue weighted by molar-refractivity contribution is -0.119. The maximum Gasteiger partial charge on any atom is 0.167 e. The van der Waals surface area contributed by atoms with E-state index in [1.807, 2.05) is 50.5 Å². The van der Waals surface area contributed by atoms with E-state index in [0.717, 1.165) is 93.6 Å². The van der Waals surface area contributed by atoms with E-state index in [0.29, 0.717) is 48.6 Å². The Bertz CT molecular complexity index is 2350. The molecule has 5 rings (SSSR count). The van der Waals surface area contributed by atoms with E-state index >= 15 is 0 Å². The molecule has 3 aromatic carbocycles. The molecule has 0 radical (unpaired) electrons. The fourth-order valence-electron chi connectivity index (χ4n) is 8.34. The van der Waals surface area contributed by atoms with Crippen molar-refractivity contribution in [2.45, 2.75) is 126 Å². The number of pyridine rings is 2. The Kier molecular flexibility index (Phi) is 21.4. The van der Waals surface area contributed by atoms with E-state index in [1.54, 1.807) is 60.2 Å². The number of aromatic nitrogens is 2. The summed E-state index contributed by atoms with van der Waals surface area (Å²) >= 11 is 3.20. The highest BCUT2D eigenvalue weighted by Gasteiger charge is 2.25. The summed E-state index contributed by atoms with van der Waals surface area (Å²) in [5.74, 6) is 3.22. The molecule has 0 saturated heterocycles. The van der Waals surface area contributed by atoms with Crippen molar-refractivity contribution in [3.63, 3.8) is 0 Å². The van der Waals surface area contributed by atoms with Crippen LogP contribution in [0.3, 0.4) is 0 Å². The summed E-state index contributed by atoms with van der Waals surface area (Å²) in [6.07, 6.45) is 8.55. The highest BCUT2D eigenvalue weighted by molar-refractivity contribution is 7.99. The molecule has 0 aliphatic heterocycles. The van der Waals surface area contributed by atoms with Crippen LogP contribution >= 0.6 is 23.5 Å².